The molecule has 3 rings (SSSR count). The van der Waals surface area contributed by atoms with Crippen molar-refractivity contribution in [3.63, 3.8) is 0 Å². The molecule has 1 aliphatic heterocycles. The Bertz CT molecular complexity index is 999. The van der Waals surface area contributed by atoms with Gasteiger partial charge in [0.2, 0.25) is 0 Å². The van der Waals surface area contributed by atoms with Crippen molar-refractivity contribution in [2.75, 3.05) is 23.9 Å². The summed E-state index contributed by atoms with van der Waals surface area (Å²) in [7, 11) is 3.58. The number of anilines is 2. The lowest BCUT2D eigenvalue weighted by Crippen LogP contribution is -2.27. The van der Waals surface area contributed by atoms with Gasteiger partial charge in [-0.3, -0.25) is 19.6 Å². The highest BCUT2D eigenvalue weighted by atomic mass is 16.6. The molecule has 0 bridgehead atoms. The molecule has 1 aromatic carbocycles. The molecule has 9 nitrogen and oxygen atoms in total. The monoisotopic (exact) mass is 366 g/mol. The normalized spacial score (nSPS) is 12.8. The standard InChI is InChI=1S/C18H18N6O3/c1-11-17(24(26)27)12(2)23(20-11)10-16(25)13(9-19)18-21(3)14-7-5-6-8-15(14)22(18)4/h5-8H,10H2,1-4H3. The van der Waals surface area contributed by atoms with E-state index in [1.165, 1.54) is 18.5 Å². The van der Waals surface area contributed by atoms with Crippen LogP contribution in [0.2, 0.25) is 0 Å². The molecule has 138 valence electrons. The van der Waals surface area contributed by atoms with Gasteiger partial charge < -0.3 is 9.80 Å². The molecule has 0 amide bonds. The van der Waals surface area contributed by atoms with Crippen molar-refractivity contribution in [1.82, 2.24) is 9.78 Å². The van der Waals surface area contributed by atoms with E-state index >= 15 is 0 Å². The number of aromatic nitrogens is 2. The molecule has 1 aromatic heterocycles. The summed E-state index contributed by atoms with van der Waals surface area (Å²) >= 11 is 0. The summed E-state index contributed by atoms with van der Waals surface area (Å²) in [6.07, 6.45) is 0. The molecular weight excluding hydrogens is 348 g/mol. The van der Waals surface area contributed by atoms with Crippen molar-refractivity contribution in [3.05, 3.63) is 57.2 Å². The molecule has 0 atom stereocenters. The minimum Gasteiger partial charge on any atom is -0.328 e. The lowest BCUT2D eigenvalue weighted by atomic mass is 10.1. The average molecular weight is 366 g/mol. The Morgan fingerprint density at radius 1 is 1.22 bits per heavy atom. The van der Waals surface area contributed by atoms with Gasteiger partial charge in [-0.15, -0.1) is 0 Å². The summed E-state index contributed by atoms with van der Waals surface area (Å²) < 4.78 is 1.27. The highest BCUT2D eigenvalue weighted by Crippen LogP contribution is 2.40. The molecule has 9 heteroatoms. The zero-order chi connectivity index (χ0) is 19.9. The summed E-state index contributed by atoms with van der Waals surface area (Å²) in [6, 6.07) is 9.57. The number of fused-ring (bicyclic) bond motifs is 1. The molecule has 0 spiro atoms. The fourth-order valence-corrected chi connectivity index (χ4v) is 3.38. The number of hydrogen-bond acceptors (Lipinski definition) is 7. The van der Waals surface area contributed by atoms with Crippen molar-refractivity contribution < 1.29 is 9.72 Å². The second-order valence-corrected chi connectivity index (χ2v) is 6.27. The number of allylic oxidation sites excluding steroid dienone is 1. The third-order valence-corrected chi connectivity index (χ3v) is 4.67. The molecule has 0 saturated carbocycles. The van der Waals surface area contributed by atoms with Gasteiger partial charge in [-0.05, 0) is 26.0 Å². The first-order valence-corrected chi connectivity index (χ1v) is 8.20. The molecule has 0 saturated heterocycles. The second-order valence-electron chi connectivity index (χ2n) is 6.27. The van der Waals surface area contributed by atoms with E-state index in [9.17, 15) is 20.2 Å². The number of nitro groups is 1. The number of nitriles is 1. The fraction of sp³-hybridized carbons (Fsp3) is 0.278. The van der Waals surface area contributed by atoms with Crippen molar-refractivity contribution in [2.45, 2.75) is 20.4 Å². The van der Waals surface area contributed by atoms with E-state index in [0.717, 1.165) is 11.4 Å². The Hall–Kier alpha value is -3.67. The van der Waals surface area contributed by atoms with Crippen LogP contribution in [0, 0.1) is 35.3 Å². The number of nitrogens with zero attached hydrogens (tertiary/aromatic N) is 6. The summed E-state index contributed by atoms with van der Waals surface area (Å²) in [5, 5.41) is 24.9. The van der Waals surface area contributed by atoms with Gasteiger partial charge in [-0.25, -0.2) is 0 Å². The van der Waals surface area contributed by atoms with Crippen LogP contribution in [0.1, 0.15) is 11.4 Å². The number of Topliss-reactive ketones (excluding diaryl/α,β-unsaturated/α-hetero) is 1. The molecule has 0 fully saturated rings. The molecule has 27 heavy (non-hydrogen) atoms. The van der Waals surface area contributed by atoms with Gasteiger partial charge in [-0.1, -0.05) is 12.1 Å². The van der Waals surface area contributed by atoms with E-state index in [1.807, 2.05) is 30.3 Å². The maximum Gasteiger partial charge on any atom is 0.312 e. The largest absolute Gasteiger partial charge is 0.328 e. The van der Waals surface area contributed by atoms with Crippen molar-refractivity contribution in [3.8, 4) is 6.07 Å². The molecule has 0 N–H and O–H groups in total. The topological polar surface area (TPSA) is 108 Å². The zero-order valence-corrected chi connectivity index (χ0v) is 15.4. The Balaban J connectivity index is 2.00. The molecule has 2 aromatic rings. The molecule has 0 unspecified atom stereocenters. The van der Waals surface area contributed by atoms with Crippen molar-refractivity contribution in [2.24, 2.45) is 0 Å². The summed E-state index contributed by atoms with van der Waals surface area (Å²) in [6.45, 7) is 2.81. The predicted octanol–water partition coefficient (Wildman–Crippen LogP) is 2.30. The van der Waals surface area contributed by atoms with E-state index in [0.29, 0.717) is 5.82 Å². The minimum absolute atomic E-state index is 0.0218. The zero-order valence-electron chi connectivity index (χ0n) is 15.4. The van der Waals surface area contributed by atoms with E-state index in [2.05, 4.69) is 5.10 Å². The first-order valence-electron chi connectivity index (χ1n) is 8.20. The number of para-hydroxylation sites is 2. The van der Waals surface area contributed by atoms with E-state index in [4.69, 9.17) is 0 Å². The van der Waals surface area contributed by atoms with Crippen LogP contribution in [0.3, 0.4) is 0 Å². The average Bonchev–Trinajstić information content (AvgIpc) is 3.04. The summed E-state index contributed by atoms with van der Waals surface area (Å²) in [4.78, 5) is 27.1. The van der Waals surface area contributed by atoms with Crippen LogP contribution in [-0.2, 0) is 11.3 Å². The lowest BCUT2D eigenvalue weighted by Gasteiger charge is -2.20. The minimum atomic E-state index is -0.516. The fourth-order valence-electron chi connectivity index (χ4n) is 3.38. The Morgan fingerprint density at radius 2 is 1.78 bits per heavy atom. The number of carbonyl (C=O) groups is 1. The Labute approximate surface area is 155 Å². The lowest BCUT2D eigenvalue weighted by molar-refractivity contribution is -0.386. The smallest absolute Gasteiger partial charge is 0.312 e. The SMILES string of the molecule is Cc1nn(CC(=O)C(C#N)=C2N(C)c3ccccc3N2C)c(C)c1[N+](=O)[O-]. The van der Waals surface area contributed by atoms with E-state index in [1.54, 1.807) is 23.9 Å². The number of rotatable bonds is 4. The van der Waals surface area contributed by atoms with E-state index < -0.39 is 10.7 Å². The van der Waals surface area contributed by atoms with Crippen LogP contribution < -0.4 is 9.80 Å². The van der Waals surface area contributed by atoms with Gasteiger partial charge in [-0.2, -0.15) is 10.4 Å². The van der Waals surface area contributed by atoms with Crippen LogP contribution in [-0.4, -0.2) is 34.6 Å². The third kappa shape index (κ3) is 2.81. The second kappa shape index (κ2) is 6.57. The van der Waals surface area contributed by atoms with Gasteiger partial charge in [0.1, 0.15) is 35.4 Å². The van der Waals surface area contributed by atoms with Gasteiger partial charge in [0.25, 0.3) is 0 Å². The van der Waals surface area contributed by atoms with Gasteiger partial charge >= 0.3 is 5.69 Å². The van der Waals surface area contributed by atoms with E-state index in [-0.39, 0.29) is 29.2 Å². The third-order valence-electron chi connectivity index (χ3n) is 4.67. The highest BCUT2D eigenvalue weighted by molar-refractivity contribution is 6.02. The Morgan fingerprint density at radius 3 is 2.22 bits per heavy atom. The van der Waals surface area contributed by atoms with Gasteiger partial charge in [0.15, 0.2) is 5.78 Å². The molecule has 0 radical (unpaired) electrons. The molecule has 2 heterocycles. The van der Waals surface area contributed by atoms with Crippen LogP contribution in [0.15, 0.2) is 35.7 Å². The maximum absolute atomic E-state index is 12.9. The van der Waals surface area contributed by atoms with Crippen molar-refractivity contribution in [1.29, 1.82) is 5.26 Å². The van der Waals surface area contributed by atoms with Crippen LogP contribution in [0.5, 0.6) is 0 Å². The number of ketones is 1. The van der Waals surface area contributed by atoms with Crippen LogP contribution in [0.4, 0.5) is 17.1 Å². The first kappa shape index (κ1) is 18.1. The number of aryl methyl sites for hydroxylation is 1. The van der Waals surface area contributed by atoms with Gasteiger partial charge in [0, 0.05) is 14.1 Å². The number of hydrogen-bond donors (Lipinski definition) is 0. The van der Waals surface area contributed by atoms with Crippen LogP contribution >= 0.6 is 0 Å². The van der Waals surface area contributed by atoms with Crippen molar-refractivity contribution >= 4 is 22.8 Å². The summed E-state index contributed by atoms with van der Waals surface area (Å²) in [5.74, 6) is 0.0132. The first-order chi connectivity index (χ1) is 12.8. The van der Waals surface area contributed by atoms with Gasteiger partial charge in [0.05, 0.1) is 16.3 Å². The molecule has 1 aliphatic rings. The number of benzene rings is 1. The highest BCUT2D eigenvalue weighted by Gasteiger charge is 2.32. The molecular formula is C18H18N6O3. The predicted molar refractivity (Wildman–Crippen MR) is 99.2 cm³/mol. The number of carbonyl (C=O) groups excluding carboxylic acids is 1. The maximum atomic E-state index is 12.9. The molecule has 0 aliphatic carbocycles. The summed E-state index contributed by atoms with van der Waals surface area (Å²) in [5.41, 5.74) is 2.15. The Kier molecular flexibility index (Phi) is 4.41. The van der Waals surface area contributed by atoms with Crippen LogP contribution in [0.25, 0.3) is 0 Å². The quantitative estimate of drug-likeness (QED) is 0.353.